The molecule has 14 rings (SSSR count). The Hall–Kier alpha value is -8.68. The highest BCUT2D eigenvalue weighted by Gasteiger charge is 2.25. The minimum absolute atomic E-state index is 0.981. The van der Waals surface area contributed by atoms with Crippen molar-refractivity contribution in [2.75, 3.05) is 9.80 Å². The smallest absolute Gasteiger partial charge is 0.125 e. The van der Waals surface area contributed by atoms with Crippen LogP contribution in [-0.2, 0) is 0 Å². The molecule has 0 spiro atoms. The molecule has 70 heavy (non-hydrogen) atoms. The molecule has 0 fully saturated rings. The largest absolute Gasteiger partial charge is 0.310 e. The molecule has 2 aromatic heterocycles. The maximum Gasteiger partial charge on any atom is 0.125 e. The van der Waals surface area contributed by atoms with Crippen LogP contribution >= 0.6 is 22.7 Å². The van der Waals surface area contributed by atoms with Gasteiger partial charge in [0.1, 0.15) is 10.0 Å². The summed E-state index contributed by atoms with van der Waals surface area (Å²) in [6.07, 6.45) is 0. The number of fused-ring (bicyclic) bond motifs is 7. The monoisotopic (exact) mass is 928 g/mol. The number of hydrogen-bond donors (Lipinski definition) is 0. The summed E-state index contributed by atoms with van der Waals surface area (Å²) in [4.78, 5) is 15.7. The predicted molar refractivity (Wildman–Crippen MR) is 301 cm³/mol. The summed E-state index contributed by atoms with van der Waals surface area (Å²) < 4.78 is 2.31. The highest BCUT2D eigenvalue weighted by molar-refractivity contribution is 7.22. The van der Waals surface area contributed by atoms with Crippen LogP contribution in [0.5, 0.6) is 0 Å². The molecule has 0 saturated carbocycles. The number of thiazole rings is 2. The van der Waals surface area contributed by atoms with E-state index >= 15 is 0 Å². The fourth-order valence-corrected chi connectivity index (χ4v) is 12.4. The van der Waals surface area contributed by atoms with E-state index in [1.165, 1.54) is 32.3 Å². The standard InChI is InChI=1S/C64H40N4S2/c1-2-20-47(21-3-1)67(48-29-26-41-14-4-7-17-44(41)36-48)51-32-34-53-55(39-51)61(63-65-57-22-10-12-24-59(57)69-63)54-35-33-52(40-56(54)62(53)64-66-58-23-11-13-25-60(58)70-64)68(49-30-27-42-15-5-8-18-45(42)37-49)50-31-28-43-16-6-9-19-46(43)38-50/h1-40H. The first kappa shape index (κ1) is 40.4. The Labute approximate surface area is 412 Å². The Morgan fingerprint density at radius 2 is 0.600 bits per heavy atom. The summed E-state index contributed by atoms with van der Waals surface area (Å²) in [5, 5.41) is 13.6. The Morgan fingerprint density at radius 3 is 1.03 bits per heavy atom. The Kier molecular flexibility index (Phi) is 9.54. The van der Waals surface area contributed by atoms with E-state index < -0.39 is 0 Å². The van der Waals surface area contributed by atoms with Gasteiger partial charge < -0.3 is 9.80 Å². The number of nitrogens with zero attached hydrogens (tertiary/aromatic N) is 4. The molecule has 328 valence electrons. The first-order valence-corrected chi connectivity index (χ1v) is 25.2. The molecule has 0 aliphatic heterocycles. The summed E-state index contributed by atoms with van der Waals surface area (Å²) >= 11 is 3.50. The van der Waals surface area contributed by atoms with Gasteiger partial charge in [-0.3, -0.25) is 0 Å². The lowest BCUT2D eigenvalue weighted by Gasteiger charge is -2.28. The van der Waals surface area contributed by atoms with Crippen LogP contribution in [0, 0.1) is 0 Å². The predicted octanol–water partition coefficient (Wildman–Crippen LogP) is 18.9. The van der Waals surface area contributed by atoms with E-state index in [1.54, 1.807) is 22.7 Å². The van der Waals surface area contributed by atoms with Crippen molar-refractivity contribution in [3.8, 4) is 21.1 Å². The molecule has 4 nitrogen and oxygen atoms in total. The number of rotatable bonds is 8. The number of hydrogen-bond acceptors (Lipinski definition) is 6. The lowest BCUT2D eigenvalue weighted by molar-refractivity contribution is 1.29. The molecule has 0 aliphatic rings. The first-order valence-electron chi connectivity index (χ1n) is 23.5. The average molecular weight is 929 g/mol. The highest BCUT2D eigenvalue weighted by atomic mass is 32.1. The molecule has 0 aliphatic carbocycles. The van der Waals surface area contributed by atoms with Gasteiger partial charge in [-0.25, -0.2) is 9.97 Å². The third kappa shape index (κ3) is 6.87. The minimum Gasteiger partial charge on any atom is -0.310 e. The molecule has 0 N–H and O–H groups in total. The van der Waals surface area contributed by atoms with Crippen LogP contribution in [0.1, 0.15) is 0 Å². The van der Waals surface area contributed by atoms with Gasteiger partial charge in [-0.15, -0.1) is 22.7 Å². The van der Waals surface area contributed by atoms with Crippen molar-refractivity contribution in [2.45, 2.75) is 0 Å². The van der Waals surface area contributed by atoms with Crippen molar-refractivity contribution in [3.05, 3.63) is 243 Å². The van der Waals surface area contributed by atoms with Gasteiger partial charge in [0.25, 0.3) is 0 Å². The molecule has 0 unspecified atom stereocenters. The van der Waals surface area contributed by atoms with E-state index in [1.807, 2.05) is 0 Å². The van der Waals surface area contributed by atoms with Crippen LogP contribution in [0.3, 0.4) is 0 Å². The summed E-state index contributed by atoms with van der Waals surface area (Å²) in [5.74, 6) is 0. The van der Waals surface area contributed by atoms with Gasteiger partial charge in [-0.05, 0) is 151 Å². The Morgan fingerprint density at radius 1 is 0.257 bits per heavy atom. The molecular weight excluding hydrogens is 889 g/mol. The van der Waals surface area contributed by atoms with Crippen molar-refractivity contribution >= 4 is 131 Å². The van der Waals surface area contributed by atoms with E-state index in [4.69, 9.17) is 9.97 Å². The van der Waals surface area contributed by atoms with Gasteiger partial charge in [0.05, 0.1) is 20.4 Å². The third-order valence-corrected chi connectivity index (χ3v) is 15.7. The van der Waals surface area contributed by atoms with Crippen molar-refractivity contribution < 1.29 is 0 Å². The topological polar surface area (TPSA) is 32.3 Å². The second-order valence-corrected chi connectivity index (χ2v) is 19.8. The van der Waals surface area contributed by atoms with Crippen LogP contribution in [0.15, 0.2) is 243 Å². The molecule has 14 aromatic rings. The molecule has 0 amide bonds. The van der Waals surface area contributed by atoms with Crippen LogP contribution in [-0.4, -0.2) is 9.97 Å². The van der Waals surface area contributed by atoms with Gasteiger partial charge in [0, 0.05) is 45.3 Å². The molecule has 12 aromatic carbocycles. The number of para-hydroxylation sites is 3. The van der Waals surface area contributed by atoms with Crippen LogP contribution in [0.25, 0.3) is 95.4 Å². The summed E-state index contributed by atoms with van der Waals surface area (Å²) in [7, 11) is 0. The molecule has 6 heteroatoms. The minimum atomic E-state index is 0.981. The lowest BCUT2D eigenvalue weighted by Crippen LogP contribution is -2.10. The fraction of sp³-hybridized carbons (Fsp3) is 0. The summed E-state index contributed by atoms with van der Waals surface area (Å²) in [6.45, 7) is 0. The molecule has 0 radical (unpaired) electrons. The zero-order chi connectivity index (χ0) is 46.1. The molecular formula is C64H40N4S2. The second kappa shape index (κ2) is 16.5. The molecule has 0 bridgehead atoms. The van der Waals surface area contributed by atoms with E-state index in [0.29, 0.717) is 0 Å². The molecule has 2 heterocycles. The number of anilines is 6. The van der Waals surface area contributed by atoms with Gasteiger partial charge in [0.15, 0.2) is 0 Å². The highest BCUT2D eigenvalue weighted by Crippen LogP contribution is 2.50. The van der Waals surface area contributed by atoms with Crippen LogP contribution in [0.2, 0.25) is 0 Å². The maximum absolute atomic E-state index is 5.44. The van der Waals surface area contributed by atoms with Crippen molar-refractivity contribution in [2.24, 2.45) is 0 Å². The van der Waals surface area contributed by atoms with Crippen molar-refractivity contribution in [3.63, 3.8) is 0 Å². The first-order chi connectivity index (χ1) is 34.7. The molecule has 0 saturated heterocycles. The van der Waals surface area contributed by atoms with Gasteiger partial charge in [-0.2, -0.15) is 0 Å². The average Bonchev–Trinajstić information content (AvgIpc) is 4.05. The summed E-state index contributed by atoms with van der Waals surface area (Å²) in [6, 6.07) is 87.9. The van der Waals surface area contributed by atoms with E-state index in [-0.39, 0.29) is 0 Å². The zero-order valence-corrected chi connectivity index (χ0v) is 39.3. The zero-order valence-electron chi connectivity index (χ0n) is 37.7. The van der Waals surface area contributed by atoms with E-state index in [0.717, 1.165) is 97.2 Å². The van der Waals surface area contributed by atoms with Crippen LogP contribution in [0.4, 0.5) is 34.1 Å². The number of benzene rings is 12. The SMILES string of the molecule is c1ccc(N(c2ccc3ccccc3c2)c2ccc3c(-c4nc5ccccc5s4)c4cc(N(c5ccc6ccccc6c5)c5ccc6ccccc6c5)ccc4c(-c4nc5ccccc5s4)c3c2)cc1. The van der Waals surface area contributed by atoms with Crippen molar-refractivity contribution in [1.29, 1.82) is 0 Å². The Bertz CT molecular complexity index is 4200. The van der Waals surface area contributed by atoms with Crippen molar-refractivity contribution in [1.82, 2.24) is 9.97 Å². The Balaban J connectivity index is 1.08. The normalized spacial score (nSPS) is 11.7. The van der Waals surface area contributed by atoms with Gasteiger partial charge in [-0.1, -0.05) is 146 Å². The van der Waals surface area contributed by atoms with Gasteiger partial charge in [0.2, 0.25) is 0 Å². The van der Waals surface area contributed by atoms with Gasteiger partial charge >= 0.3 is 0 Å². The maximum atomic E-state index is 5.44. The van der Waals surface area contributed by atoms with E-state index in [9.17, 15) is 0 Å². The third-order valence-electron chi connectivity index (χ3n) is 13.6. The van der Waals surface area contributed by atoms with Crippen LogP contribution < -0.4 is 9.80 Å². The second-order valence-electron chi connectivity index (χ2n) is 17.8. The molecule has 0 atom stereocenters. The summed E-state index contributed by atoms with van der Waals surface area (Å²) in [5.41, 5.74) is 10.7. The fourth-order valence-electron chi connectivity index (χ4n) is 10.3. The van der Waals surface area contributed by atoms with E-state index in [2.05, 4.69) is 252 Å². The quantitative estimate of drug-likeness (QED) is 0.142. The number of aromatic nitrogens is 2. The lowest BCUT2D eigenvalue weighted by atomic mass is 9.90.